The molecule has 0 radical (unpaired) electrons. The first kappa shape index (κ1) is 14.1. The molecule has 1 heterocycles. The Bertz CT molecular complexity index is 593. The highest BCUT2D eigenvalue weighted by atomic mass is 79.9. The van der Waals surface area contributed by atoms with Gasteiger partial charge in [-0.1, -0.05) is 6.07 Å². The standard InChI is InChI=1S/C14H18BrN3O/c1-8-6-9(2)13(19-3)10(7-8)12-14(15)18-11(17-12)4-5-16/h6-7H,4-5,16H2,1-3H3,(H,17,18). The van der Waals surface area contributed by atoms with Gasteiger partial charge in [0, 0.05) is 12.0 Å². The summed E-state index contributed by atoms with van der Waals surface area (Å²) in [5, 5.41) is 0. The maximum absolute atomic E-state index is 5.56. The van der Waals surface area contributed by atoms with E-state index in [4.69, 9.17) is 10.5 Å². The van der Waals surface area contributed by atoms with Crippen molar-refractivity contribution in [3.8, 4) is 17.0 Å². The van der Waals surface area contributed by atoms with E-state index < -0.39 is 0 Å². The fourth-order valence-electron chi connectivity index (χ4n) is 2.23. The Kier molecular flexibility index (Phi) is 4.27. The molecule has 2 aromatic rings. The minimum Gasteiger partial charge on any atom is -0.496 e. The van der Waals surface area contributed by atoms with Crippen molar-refractivity contribution in [3.63, 3.8) is 0 Å². The van der Waals surface area contributed by atoms with Crippen LogP contribution in [0.2, 0.25) is 0 Å². The van der Waals surface area contributed by atoms with E-state index >= 15 is 0 Å². The van der Waals surface area contributed by atoms with Crippen LogP contribution in [0, 0.1) is 13.8 Å². The summed E-state index contributed by atoms with van der Waals surface area (Å²) >= 11 is 3.52. The Hall–Kier alpha value is -1.33. The van der Waals surface area contributed by atoms with E-state index in [1.807, 2.05) is 6.92 Å². The quantitative estimate of drug-likeness (QED) is 0.909. The third-order valence-electron chi connectivity index (χ3n) is 2.97. The number of H-pyrrole nitrogens is 1. The van der Waals surface area contributed by atoms with Crippen LogP contribution < -0.4 is 10.5 Å². The van der Waals surface area contributed by atoms with E-state index in [1.54, 1.807) is 7.11 Å². The maximum Gasteiger partial charge on any atom is 0.131 e. The summed E-state index contributed by atoms with van der Waals surface area (Å²) < 4.78 is 6.37. The molecule has 0 amide bonds. The SMILES string of the molecule is COc1c(C)cc(C)cc1-c1nc(CCN)[nH]c1Br. The number of ether oxygens (including phenoxy) is 1. The zero-order chi connectivity index (χ0) is 14.0. The van der Waals surface area contributed by atoms with E-state index in [1.165, 1.54) is 5.56 Å². The molecule has 0 unspecified atom stereocenters. The molecule has 0 bridgehead atoms. The number of aromatic amines is 1. The number of aromatic nitrogens is 2. The van der Waals surface area contributed by atoms with Gasteiger partial charge in [0.15, 0.2) is 0 Å². The number of rotatable bonds is 4. The lowest BCUT2D eigenvalue weighted by Crippen LogP contribution is -2.03. The summed E-state index contributed by atoms with van der Waals surface area (Å²) in [7, 11) is 1.68. The second kappa shape index (κ2) is 5.75. The van der Waals surface area contributed by atoms with Crippen LogP contribution in [0.25, 0.3) is 11.3 Å². The maximum atomic E-state index is 5.56. The number of hydrogen-bond acceptors (Lipinski definition) is 3. The largest absolute Gasteiger partial charge is 0.496 e. The van der Waals surface area contributed by atoms with Crippen LogP contribution in [-0.4, -0.2) is 23.6 Å². The molecule has 0 aliphatic carbocycles. The van der Waals surface area contributed by atoms with Gasteiger partial charge >= 0.3 is 0 Å². The number of halogens is 1. The first-order valence-electron chi connectivity index (χ1n) is 6.17. The molecule has 1 aromatic carbocycles. The summed E-state index contributed by atoms with van der Waals surface area (Å²) in [5.41, 5.74) is 9.71. The van der Waals surface area contributed by atoms with Crippen LogP contribution in [0.4, 0.5) is 0 Å². The van der Waals surface area contributed by atoms with Gasteiger partial charge in [-0.3, -0.25) is 0 Å². The monoisotopic (exact) mass is 323 g/mol. The van der Waals surface area contributed by atoms with Crippen LogP contribution in [-0.2, 0) is 6.42 Å². The minimum absolute atomic E-state index is 0.573. The van der Waals surface area contributed by atoms with Crippen molar-refractivity contribution in [2.24, 2.45) is 5.73 Å². The first-order valence-corrected chi connectivity index (χ1v) is 6.96. The van der Waals surface area contributed by atoms with Crippen LogP contribution in [0.5, 0.6) is 5.75 Å². The number of imidazole rings is 1. The molecule has 0 fully saturated rings. The highest BCUT2D eigenvalue weighted by Gasteiger charge is 2.16. The normalized spacial score (nSPS) is 10.8. The van der Waals surface area contributed by atoms with Gasteiger partial charge in [-0.05, 0) is 53.5 Å². The Morgan fingerprint density at radius 1 is 1.37 bits per heavy atom. The molecule has 0 aliphatic heterocycles. The van der Waals surface area contributed by atoms with Crippen molar-refractivity contribution >= 4 is 15.9 Å². The number of methoxy groups -OCH3 is 1. The predicted molar refractivity (Wildman–Crippen MR) is 80.5 cm³/mol. The van der Waals surface area contributed by atoms with Crippen molar-refractivity contribution in [1.82, 2.24) is 9.97 Å². The van der Waals surface area contributed by atoms with Gasteiger partial charge < -0.3 is 15.5 Å². The topological polar surface area (TPSA) is 63.9 Å². The zero-order valence-electron chi connectivity index (χ0n) is 11.4. The van der Waals surface area contributed by atoms with Crippen LogP contribution in [0.15, 0.2) is 16.7 Å². The molecule has 3 N–H and O–H groups in total. The van der Waals surface area contributed by atoms with Crippen LogP contribution in [0.3, 0.4) is 0 Å². The van der Waals surface area contributed by atoms with Gasteiger partial charge in [0.25, 0.3) is 0 Å². The van der Waals surface area contributed by atoms with Crippen LogP contribution >= 0.6 is 15.9 Å². The lowest BCUT2D eigenvalue weighted by atomic mass is 10.0. The van der Waals surface area contributed by atoms with Gasteiger partial charge in [-0.2, -0.15) is 0 Å². The second-order valence-corrected chi connectivity index (χ2v) is 5.34. The first-order chi connectivity index (χ1) is 9.06. The molecular formula is C14H18BrN3O. The highest BCUT2D eigenvalue weighted by Crippen LogP contribution is 2.36. The van der Waals surface area contributed by atoms with Gasteiger partial charge in [0.05, 0.1) is 7.11 Å². The molecule has 102 valence electrons. The third kappa shape index (κ3) is 2.82. The fraction of sp³-hybridized carbons (Fsp3) is 0.357. The average molecular weight is 324 g/mol. The van der Waals surface area contributed by atoms with Crippen LogP contribution in [0.1, 0.15) is 17.0 Å². The summed E-state index contributed by atoms with van der Waals surface area (Å²) in [6.07, 6.45) is 0.728. The Morgan fingerprint density at radius 2 is 2.11 bits per heavy atom. The fourth-order valence-corrected chi connectivity index (χ4v) is 2.76. The number of hydrogen-bond donors (Lipinski definition) is 2. The van der Waals surface area contributed by atoms with E-state index in [0.29, 0.717) is 6.54 Å². The Balaban J connectivity index is 2.57. The zero-order valence-corrected chi connectivity index (χ0v) is 13.0. The van der Waals surface area contributed by atoms with Crippen molar-refractivity contribution < 1.29 is 4.74 Å². The van der Waals surface area contributed by atoms with E-state index in [9.17, 15) is 0 Å². The number of nitrogens with one attached hydrogen (secondary N) is 1. The Labute approximate surface area is 121 Å². The van der Waals surface area contributed by atoms with Gasteiger partial charge in [-0.15, -0.1) is 0 Å². The van der Waals surface area contributed by atoms with E-state index in [0.717, 1.165) is 39.4 Å². The highest BCUT2D eigenvalue weighted by molar-refractivity contribution is 9.10. The predicted octanol–water partition coefficient (Wildman–Crippen LogP) is 2.97. The molecule has 19 heavy (non-hydrogen) atoms. The molecule has 0 saturated heterocycles. The van der Waals surface area contributed by atoms with Gasteiger partial charge in [0.2, 0.25) is 0 Å². The van der Waals surface area contributed by atoms with E-state index in [-0.39, 0.29) is 0 Å². The molecule has 0 aliphatic rings. The third-order valence-corrected chi connectivity index (χ3v) is 3.54. The number of aryl methyl sites for hydroxylation is 2. The number of nitrogens with two attached hydrogens (primary N) is 1. The number of benzene rings is 1. The lowest BCUT2D eigenvalue weighted by Gasteiger charge is -2.11. The van der Waals surface area contributed by atoms with E-state index in [2.05, 4.69) is 45.0 Å². The lowest BCUT2D eigenvalue weighted by molar-refractivity contribution is 0.413. The summed E-state index contributed by atoms with van der Waals surface area (Å²) in [6, 6.07) is 4.18. The van der Waals surface area contributed by atoms with Crippen molar-refractivity contribution in [1.29, 1.82) is 0 Å². The molecule has 1 aromatic heterocycles. The molecule has 5 heteroatoms. The molecule has 2 rings (SSSR count). The van der Waals surface area contributed by atoms with Gasteiger partial charge in [0.1, 0.15) is 21.9 Å². The number of nitrogens with zero attached hydrogens (tertiary/aromatic N) is 1. The molecule has 0 atom stereocenters. The average Bonchev–Trinajstić information content (AvgIpc) is 2.70. The Morgan fingerprint density at radius 3 is 2.74 bits per heavy atom. The summed E-state index contributed by atoms with van der Waals surface area (Å²) in [5.74, 6) is 1.74. The summed E-state index contributed by atoms with van der Waals surface area (Å²) in [6.45, 7) is 4.68. The molecule has 0 saturated carbocycles. The summed E-state index contributed by atoms with van der Waals surface area (Å²) in [4.78, 5) is 7.80. The molecule has 4 nitrogen and oxygen atoms in total. The smallest absolute Gasteiger partial charge is 0.131 e. The molecule has 0 spiro atoms. The minimum atomic E-state index is 0.573. The van der Waals surface area contributed by atoms with Crippen molar-refractivity contribution in [2.75, 3.05) is 13.7 Å². The van der Waals surface area contributed by atoms with Crippen molar-refractivity contribution in [3.05, 3.63) is 33.7 Å². The second-order valence-electron chi connectivity index (χ2n) is 4.55. The van der Waals surface area contributed by atoms with Crippen molar-refractivity contribution in [2.45, 2.75) is 20.3 Å². The molecular weight excluding hydrogens is 306 g/mol. The van der Waals surface area contributed by atoms with Gasteiger partial charge in [-0.25, -0.2) is 4.98 Å².